The van der Waals surface area contributed by atoms with E-state index in [1.54, 1.807) is 18.2 Å². The van der Waals surface area contributed by atoms with Crippen LogP contribution < -0.4 is 10.2 Å². The van der Waals surface area contributed by atoms with Gasteiger partial charge in [-0.3, -0.25) is 4.79 Å². The lowest BCUT2D eigenvalue weighted by Gasteiger charge is -2.33. The summed E-state index contributed by atoms with van der Waals surface area (Å²) < 4.78 is 26.3. The molecule has 0 spiro atoms. The number of sulfonamides is 1. The smallest absolute Gasteiger partial charge is 0.256 e. The van der Waals surface area contributed by atoms with E-state index in [1.165, 1.54) is 18.4 Å². The zero-order chi connectivity index (χ0) is 19.6. The molecule has 2 saturated heterocycles. The summed E-state index contributed by atoms with van der Waals surface area (Å²) in [6.45, 7) is 3.19. The standard InChI is InChI=1S/C19H30N4O3S/c1-20-15-8-12-23(13-9-15)19(24)17-14-16(27(25,26)21(2)3)6-7-18(17)22-10-4-5-11-22/h6-7,14-15,20H,4-5,8-13H2,1-3H3. The first-order valence-corrected chi connectivity index (χ1v) is 11.1. The number of hydrogen-bond acceptors (Lipinski definition) is 5. The molecule has 8 heteroatoms. The molecule has 2 fully saturated rings. The summed E-state index contributed by atoms with van der Waals surface area (Å²) in [6, 6.07) is 5.42. The number of rotatable bonds is 5. The number of nitrogens with zero attached hydrogens (tertiary/aromatic N) is 3. The van der Waals surface area contributed by atoms with Crippen molar-refractivity contribution in [2.45, 2.75) is 36.6 Å². The Kier molecular flexibility index (Phi) is 6.08. The molecule has 3 rings (SSSR count). The van der Waals surface area contributed by atoms with Gasteiger partial charge in [-0.05, 0) is 50.9 Å². The predicted octanol–water partition coefficient (Wildman–Crippen LogP) is 1.36. The zero-order valence-electron chi connectivity index (χ0n) is 16.4. The van der Waals surface area contributed by atoms with Gasteiger partial charge < -0.3 is 15.1 Å². The Morgan fingerprint density at radius 3 is 2.30 bits per heavy atom. The summed E-state index contributed by atoms with van der Waals surface area (Å²) in [6.07, 6.45) is 4.02. The van der Waals surface area contributed by atoms with Crippen LogP contribution in [0.15, 0.2) is 23.1 Å². The second kappa shape index (κ2) is 8.16. The Morgan fingerprint density at radius 1 is 1.11 bits per heavy atom. The fraction of sp³-hybridized carbons (Fsp3) is 0.632. The summed E-state index contributed by atoms with van der Waals surface area (Å²) in [5.41, 5.74) is 1.36. The first-order valence-electron chi connectivity index (χ1n) is 9.62. The number of carbonyl (C=O) groups is 1. The molecule has 1 N–H and O–H groups in total. The van der Waals surface area contributed by atoms with E-state index in [4.69, 9.17) is 0 Å². The maximum Gasteiger partial charge on any atom is 0.256 e. The van der Waals surface area contributed by atoms with Gasteiger partial charge in [-0.25, -0.2) is 12.7 Å². The molecule has 0 bridgehead atoms. The normalized spacial score (nSPS) is 19.1. The van der Waals surface area contributed by atoms with Gasteiger partial charge >= 0.3 is 0 Å². The first kappa shape index (κ1) is 20.1. The van der Waals surface area contributed by atoms with Gasteiger partial charge in [0.05, 0.1) is 10.5 Å². The SMILES string of the molecule is CNC1CCN(C(=O)c2cc(S(=O)(=O)N(C)C)ccc2N2CCCC2)CC1. The van der Waals surface area contributed by atoms with Crippen molar-refractivity contribution in [1.29, 1.82) is 0 Å². The van der Waals surface area contributed by atoms with E-state index < -0.39 is 10.0 Å². The molecular formula is C19H30N4O3S. The molecular weight excluding hydrogens is 364 g/mol. The van der Waals surface area contributed by atoms with Crippen LogP contribution in [-0.2, 0) is 10.0 Å². The lowest BCUT2D eigenvalue weighted by atomic mass is 10.0. The highest BCUT2D eigenvalue weighted by Gasteiger charge is 2.29. The van der Waals surface area contributed by atoms with Crippen LogP contribution in [0.2, 0.25) is 0 Å². The fourth-order valence-corrected chi connectivity index (χ4v) is 4.76. The van der Waals surface area contributed by atoms with Gasteiger partial charge in [0.25, 0.3) is 5.91 Å². The molecule has 7 nitrogen and oxygen atoms in total. The van der Waals surface area contributed by atoms with Crippen molar-refractivity contribution in [3.05, 3.63) is 23.8 Å². The summed E-state index contributed by atoms with van der Waals surface area (Å²) in [4.78, 5) is 17.5. The highest BCUT2D eigenvalue weighted by Crippen LogP contribution is 2.29. The van der Waals surface area contributed by atoms with Crippen molar-refractivity contribution < 1.29 is 13.2 Å². The van der Waals surface area contributed by atoms with Crippen molar-refractivity contribution in [3.63, 3.8) is 0 Å². The highest BCUT2D eigenvalue weighted by atomic mass is 32.2. The molecule has 0 saturated carbocycles. The quantitative estimate of drug-likeness (QED) is 0.816. The number of anilines is 1. The second-order valence-corrected chi connectivity index (χ2v) is 9.67. The van der Waals surface area contributed by atoms with Crippen LogP contribution in [0.4, 0.5) is 5.69 Å². The Bertz CT molecular complexity index is 780. The number of piperidine rings is 1. The molecule has 2 aliphatic rings. The van der Waals surface area contributed by atoms with Crippen molar-refractivity contribution in [2.24, 2.45) is 0 Å². The Labute approximate surface area is 162 Å². The van der Waals surface area contributed by atoms with Crippen LogP contribution in [0, 0.1) is 0 Å². The predicted molar refractivity (Wildman–Crippen MR) is 107 cm³/mol. The molecule has 2 aliphatic heterocycles. The fourth-order valence-electron chi connectivity index (χ4n) is 3.83. The monoisotopic (exact) mass is 394 g/mol. The van der Waals surface area contributed by atoms with Gasteiger partial charge in [-0.15, -0.1) is 0 Å². The molecule has 27 heavy (non-hydrogen) atoms. The van der Waals surface area contributed by atoms with Crippen molar-refractivity contribution >= 4 is 21.6 Å². The van der Waals surface area contributed by atoms with Gasteiger partial charge in [-0.1, -0.05) is 0 Å². The van der Waals surface area contributed by atoms with Crippen LogP contribution in [-0.4, -0.2) is 76.9 Å². The number of benzene rings is 1. The van der Waals surface area contributed by atoms with Gasteiger partial charge in [-0.2, -0.15) is 0 Å². The molecule has 0 atom stereocenters. The lowest BCUT2D eigenvalue weighted by Crippen LogP contribution is -2.44. The molecule has 1 amide bonds. The third-order valence-corrected chi connectivity index (χ3v) is 7.43. The number of amides is 1. The number of likely N-dealkylation sites (tertiary alicyclic amines) is 1. The number of nitrogens with one attached hydrogen (secondary N) is 1. The largest absolute Gasteiger partial charge is 0.371 e. The van der Waals surface area contributed by atoms with Gasteiger partial charge in [0.1, 0.15) is 0 Å². The second-order valence-electron chi connectivity index (χ2n) is 7.52. The summed E-state index contributed by atoms with van der Waals surface area (Å²) in [7, 11) is 1.38. The minimum absolute atomic E-state index is 0.0674. The lowest BCUT2D eigenvalue weighted by molar-refractivity contribution is 0.0707. The Balaban J connectivity index is 1.96. The topological polar surface area (TPSA) is 73.0 Å². The molecule has 1 aromatic rings. The van der Waals surface area contributed by atoms with Crippen molar-refractivity contribution in [2.75, 3.05) is 52.2 Å². The van der Waals surface area contributed by atoms with Gasteiger partial charge in [0.15, 0.2) is 0 Å². The molecule has 0 aliphatic carbocycles. The minimum Gasteiger partial charge on any atom is -0.371 e. The maximum atomic E-state index is 13.3. The molecule has 0 unspecified atom stereocenters. The minimum atomic E-state index is -3.58. The highest BCUT2D eigenvalue weighted by molar-refractivity contribution is 7.89. The van der Waals surface area contributed by atoms with Gasteiger partial charge in [0.2, 0.25) is 10.0 Å². The summed E-state index contributed by atoms with van der Waals surface area (Å²) in [5, 5.41) is 3.27. The molecule has 2 heterocycles. The van der Waals surface area contributed by atoms with Crippen molar-refractivity contribution in [1.82, 2.24) is 14.5 Å². The van der Waals surface area contributed by atoms with Crippen LogP contribution in [0.1, 0.15) is 36.0 Å². The van der Waals surface area contributed by atoms with E-state index in [9.17, 15) is 13.2 Å². The average molecular weight is 395 g/mol. The number of carbonyl (C=O) groups excluding carboxylic acids is 1. The number of hydrogen-bond donors (Lipinski definition) is 1. The van der Waals surface area contributed by atoms with E-state index in [0.717, 1.165) is 44.5 Å². The van der Waals surface area contributed by atoms with Gasteiger partial charge in [0, 0.05) is 52.0 Å². The zero-order valence-corrected chi connectivity index (χ0v) is 17.3. The van der Waals surface area contributed by atoms with Crippen LogP contribution in [0.25, 0.3) is 0 Å². The average Bonchev–Trinajstić information content (AvgIpc) is 3.21. The van der Waals surface area contributed by atoms with Crippen LogP contribution >= 0.6 is 0 Å². The maximum absolute atomic E-state index is 13.3. The molecule has 1 aromatic carbocycles. The van der Waals surface area contributed by atoms with Crippen molar-refractivity contribution in [3.8, 4) is 0 Å². The van der Waals surface area contributed by atoms with E-state index in [2.05, 4.69) is 10.2 Å². The van der Waals surface area contributed by atoms with Crippen LogP contribution in [0.3, 0.4) is 0 Å². The summed E-state index contributed by atoms with van der Waals surface area (Å²) in [5.74, 6) is -0.0674. The third kappa shape index (κ3) is 4.12. The van der Waals surface area contributed by atoms with E-state index in [-0.39, 0.29) is 10.8 Å². The Hall–Kier alpha value is -1.64. The van der Waals surface area contributed by atoms with E-state index in [0.29, 0.717) is 24.7 Å². The Morgan fingerprint density at radius 2 is 1.74 bits per heavy atom. The molecule has 0 aromatic heterocycles. The molecule has 0 radical (unpaired) electrons. The van der Waals surface area contributed by atoms with Crippen LogP contribution in [0.5, 0.6) is 0 Å². The third-order valence-electron chi connectivity index (χ3n) is 5.61. The van der Waals surface area contributed by atoms with E-state index in [1.807, 2.05) is 11.9 Å². The first-order chi connectivity index (χ1) is 12.8. The summed E-state index contributed by atoms with van der Waals surface area (Å²) >= 11 is 0. The van der Waals surface area contributed by atoms with E-state index >= 15 is 0 Å². The molecule has 150 valence electrons.